The van der Waals surface area contributed by atoms with Crippen LogP contribution in [0.15, 0.2) is 103 Å². The number of nitrogens with zero attached hydrogens (tertiary/aromatic N) is 1. The van der Waals surface area contributed by atoms with Crippen LogP contribution in [0.5, 0.6) is 5.75 Å². The summed E-state index contributed by atoms with van der Waals surface area (Å²) < 4.78 is 12.0. The fourth-order valence-electron chi connectivity index (χ4n) is 4.09. The predicted octanol–water partition coefficient (Wildman–Crippen LogP) is 4.10. The Morgan fingerprint density at radius 3 is 2.42 bits per heavy atom. The minimum Gasteiger partial charge on any atom is -0.494 e. The summed E-state index contributed by atoms with van der Waals surface area (Å²) in [6.07, 6.45) is 1.91. The van der Waals surface area contributed by atoms with Crippen LogP contribution in [0.25, 0.3) is 0 Å². The molecule has 0 fully saturated rings. The average Bonchev–Trinajstić information content (AvgIpc) is 3.31. The van der Waals surface area contributed by atoms with E-state index >= 15 is 0 Å². The van der Waals surface area contributed by atoms with E-state index in [1.807, 2.05) is 84.9 Å². The van der Waals surface area contributed by atoms with Gasteiger partial charge < -0.3 is 14.6 Å². The second-order valence-corrected chi connectivity index (χ2v) is 8.49. The molecule has 186 valence electrons. The van der Waals surface area contributed by atoms with E-state index < -0.39 is 11.6 Å². The first kappa shape index (κ1) is 25.2. The van der Waals surface area contributed by atoms with Crippen molar-refractivity contribution in [1.29, 1.82) is 0 Å². The number of hydrazine groups is 1. The van der Waals surface area contributed by atoms with Crippen LogP contribution in [0, 0.1) is 0 Å². The molecule has 1 aliphatic heterocycles. The highest BCUT2D eigenvalue weighted by Gasteiger charge is 2.52. The highest BCUT2D eigenvalue weighted by Crippen LogP contribution is 2.42. The Kier molecular flexibility index (Phi) is 8.49. The van der Waals surface area contributed by atoms with Gasteiger partial charge in [-0.15, -0.1) is 6.58 Å². The first-order valence-electron chi connectivity index (χ1n) is 12.0. The minimum absolute atomic E-state index is 0.0806. The Morgan fingerprint density at radius 2 is 1.75 bits per heavy atom. The highest BCUT2D eigenvalue weighted by atomic mass is 16.5. The van der Waals surface area contributed by atoms with E-state index in [1.165, 1.54) is 0 Å². The first-order chi connectivity index (χ1) is 17.7. The van der Waals surface area contributed by atoms with Crippen molar-refractivity contribution in [3.63, 3.8) is 0 Å². The molecule has 2 atom stereocenters. The molecule has 7 nitrogen and oxygen atoms in total. The van der Waals surface area contributed by atoms with Gasteiger partial charge in [0, 0.05) is 31.6 Å². The second-order valence-electron chi connectivity index (χ2n) is 8.49. The first-order valence-corrected chi connectivity index (χ1v) is 12.0. The summed E-state index contributed by atoms with van der Waals surface area (Å²) in [5.41, 5.74) is 7.26. The zero-order chi connectivity index (χ0) is 25.2. The summed E-state index contributed by atoms with van der Waals surface area (Å²) >= 11 is 0. The molecule has 0 saturated carbocycles. The quantitative estimate of drug-likeness (QED) is 0.204. The molecule has 0 radical (unpaired) electrons. The average molecular weight is 486 g/mol. The molecular formula is C29H31N3O4. The second kappa shape index (κ2) is 12.2. The van der Waals surface area contributed by atoms with Gasteiger partial charge in [-0.25, -0.2) is 10.4 Å². The molecule has 3 aromatic rings. The van der Waals surface area contributed by atoms with Crippen molar-refractivity contribution < 1.29 is 19.4 Å². The molecule has 0 spiro atoms. The number of ether oxygens (including phenoxy) is 2. The lowest BCUT2D eigenvalue weighted by Gasteiger charge is -2.29. The summed E-state index contributed by atoms with van der Waals surface area (Å²) in [5.74, 6) is 0.766. The zero-order valence-corrected chi connectivity index (χ0v) is 20.1. The van der Waals surface area contributed by atoms with Crippen LogP contribution in [0.2, 0.25) is 0 Å². The Labute approximate surface area is 211 Å². The number of aliphatic imine (C=N–C) groups is 1. The number of hydrogen-bond acceptors (Lipinski definition) is 6. The SMILES string of the molecule is C=CC[C@]1(C(=O)NNCc2ccccc2)N=C(c2ccc(OCCCO)cc2)O[C@H]1c1ccccc1. The molecule has 1 amide bonds. The largest absolute Gasteiger partial charge is 0.494 e. The maximum absolute atomic E-state index is 13.7. The Morgan fingerprint density at radius 1 is 1.06 bits per heavy atom. The molecule has 0 saturated heterocycles. The third-order valence-corrected chi connectivity index (χ3v) is 5.93. The van der Waals surface area contributed by atoms with Crippen molar-refractivity contribution >= 4 is 11.8 Å². The van der Waals surface area contributed by atoms with Crippen LogP contribution in [-0.2, 0) is 16.1 Å². The monoisotopic (exact) mass is 485 g/mol. The highest BCUT2D eigenvalue weighted by molar-refractivity contribution is 6.01. The van der Waals surface area contributed by atoms with Crippen LogP contribution in [0.4, 0.5) is 0 Å². The van der Waals surface area contributed by atoms with Crippen molar-refractivity contribution in [3.05, 3.63) is 114 Å². The van der Waals surface area contributed by atoms with E-state index in [0.29, 0.717) is 31.2 Å². The molecule has 0 bridgehead atoms. The number of amides is 1. The molecule has 3 aromatic carbocycles. The number of carbonyl (C=O) groups is 1. The van der Waals surface area contributed by atoms with E-state index in [-0.39, 0.29) is 18.9 Å². The van der Waals surface area contributed by atoms with Crippen molar-refractivity contribution in [2.24, 2.45) is 4.99 Å². The lowest BCUT2D eigenvalue weighted by Crippen LogP contribution is -2.52. The van der Waals surface area contributed by atoms with Crippen LogP contribution in [0.3, 0.4) is 0 Å². The summed E-state index contributed by atoms with van der Waals surface area (Å²) in [5, 5.41) is 8.94. The number of nitrogens with one attached hydrogen (secondary N) is 2. The van der Waals surface area contributed by atoms with Crippen molar-refractivity contribution in [2.45, 2.75) is 31.0 Å². The standard InChI is InChI=1S/C29H31N3O4/c1-2-18-29(28(34)32-30-21-22-10-5-3-6-11-22)26(23-12-7-4-8-13-23)36-27(31-29)24-14-16-25(17-15-24)35-20-9-19-33/h2-8,10-17,26,30,33H,1,9,18-21H2,(H,32,34)/t26-,29-/m0/s1. The number of hydrogen-bond donors (Lipinski definition) is 3. The molecule has 1 aliphatic rings. The molecule has 0 aliphatic carbocycles. The Bertz CT molecular complexity index is 1170. The van der Waals surface area contributed by atoms with Crippen LogP contribution < -0.4 is 15.6 Å². The maximum atomic E-state index is 13.7. The van der Waals surface area contributed by atoms with Gasteiger partial charge in [-0.2, -0.15) is 0 Å². The van der Waals surface area contributed by atoms with Gasteiger partial charge in [0.15, 0.2) is 11.6 Å². The summed E-state index contributed by atoms with van der Waals surface area (Å²) in [4.78, 5) is 18.5. The van der Waals surface area contributed by atoms with Crippen LogP contribution in [-0.4, -0.2) is 35.7 Å². The van der Waals surface area contributed by atoms with Gasteiger partial charge in [0.1, 0.15) is 5.75 Å². The lowest BCUT2D eigenvalue weighted by atomic mass is 9.84. The van der Waals surface area contributed by atoms with E-state index in [2.05, 4.69) is 17.4 Å². The molecule has 0 unspecified atom stereocenters. The summed E-state index contributed by atoms with van der Waals surface area (Å²) in [6, 6.07) is 26.8. The van der Waals surface area contributed by atoms with Crippen LogP contribution >= 0.6 is 0 Å². The minimum atomic E-state index is -1.24. The molecule has 7 heteroatoms. The van der Waals surface area contributed by atoms with Gasteiger partial charge in [-0.1, -0.05) is 66.7 Å². The topological polar surface area (TPSA) is 92.2 Å². The molecular weight excluding hydrogens is 454 g/mol. The smallest absolute Gasteiger partial charge is 0.266 e. The molecule has 4 rings (SSSR count). The summed E-state index contributed by atoms with van der Waals surface area (Å²) in [6.45, 7) is 4.88. The van der Waals surface area contributed by atoms with Crippen molar-refractivity contribution in [1.82, 2.24) is 10.9 Å². The lowest BCUT2D eigenvalue weighted by molar-refractivity contribution is -0.129. The molecule has 1 heterocycles. The van der Waals surface area contributed by atoms with E-state index in [1.54, 1.807) is 6.08 Å². The van der Waals surface area contributed by atoms with Gasteiger partial charge in [-0.05, 0) is 35.4 Å². The normalized spacial score (nSPS) is 18.7. The van der Waals surface area contributed by atoms with Gasteiger partial charge in [0.05, 0.1) is 6.61 Å². The van der Waals surface area contributed by atoms with E-state index in [4.69, 9.17) is 19.6 Å². The summed E-state index contributed by atoms with van der Waals surface area (Å²) in [7, 11) is 0. The third kappa shape index (κ3) is 5.82. The number of aliphatic hydroxyl groups excluding tert-OH is 1. The fourth-order valence-corrected chi connectivity index (χ4v) is 4.09. The maximum Gasteiger partial charge on any atom is 0.266 e. The Balaban J connectivity index is 1.60. The molecule has 3 N–H and O–H groups in total. The van der Waals surface area contributed by atoms with Gasteiger partial charge in [-0.3, -0.25) is 10.2 Å². The predicted molar refractivity (Wildman–Crippen MR) is 139 cm³/mol. The van der Waals surface area contributed by atoms with Crippen molar-refractivity contribution in [3.8, 4) is 5.75 Å². The van der Waals surface area contributed by atoms with Gasteiger partial charge >= 0.3 is 0 Å². The fraction of sp³-hybridized carbons (Fsp3) is 0.241. The number of carbonyl (C=O) groups excluding carboxylic acids is 1. The zero-order valence-electron chi connectivity index (χ0n) is 20.1. The van der Waals surface area contributed by atoms with E-state index in [9.17, 15) is 4.79 Å². The molecule has 36 heavy (non-hydrogen) atoms. The number of aliphatic hydroxyl groups is 1. The third-order valence-electron chi connectivity index (χ3n) is 5.93. The van der Waals surface area contributed by atoms with Crippen LogP contribution in [0.1, 0.15) is 35.6 Å². The van der Waals surface area contributed by atoms with Gasteiger partial charge in [0.25, 0.3) is 5.91 Å². The van der Waals surface area contributed by atoms with E-state index in [0.717, 1.165) is 16.7 Å². The number of rotatable bonds is 12. The van der Waals surface area contributed by atoms with Gasteiger partial charge in [0.2, 0.25) is 5.90 Å². The van der Waals surface area contributed by atoms with Crippen molar-refractivity contribution in [2.75, 3.05) is 13.2 Å². The number of benzene rings is 3. The Hall–Kier alpha value is -3.94. The molecule has 0 aromatic heterocycles.